The van der Waals surface area contributed by atoms with E-state index in [1.165, 1.54) is 41.7 Å². The zero-order chi connectivity index (χ0) is 22.7. The first-order chi connectivity index (χ1) is 15.4. The second-order valence-electron chi connectivity index (χ2n) is 7.04. The second kappa shape index (κ2) is 9.37. The Labute approximate surface area is 192 Å². The molecule has 162 valence electrons. The molecular weight excluding hydrogens is 447 g/mol. The quantitative estimate of drug-likeness (QED) is 0.406. The third-order valence-electron chi connectivity index (χ3n) is 4.61. The number of aryl methyl sites for hydroxylation is 1. The van der Waals surface area contributed by atoms with Crippen molar-refractivity contribution in [2.24, 2.45) is 0 Å². The third-order valence-corrected chi connectivity index (χ3v) is 6.57. The Kier molecular flexibility index (Phi) is 6.38. The number of nitrogens with one attached hydrogen (secondary N) is 2. The lowest BCUT2D eigenvalue weighted by atomic mass is 10.1. The van der Waals surface area contributed by atoms with Crippen LogP contribution in [0.1, 0.15) is 27.9 Å². The van der Waals surface area contributed by atoms with Crippen LogP contribution >= 0.6 is 22.7 Å². The standard InChI is InChI=1S/C23H19FN4O2S2/c1-13-20(32-22(26-13)17-7-9-18(24)10-8-17)21(30)28-23-27-19(12-31-23)16-5-3-15(4-6-16)11-25-14(2)29/h3-10,12H,11H2,1-2H3,(H,25,29)(H,27,28,30). The number of amides is 2. The Morgan fingerprint density at radius 1 is 1.00 bits per heavy atom. The number of carbonyl (C=O) groups is 2. The van der Waals surface area contributed by atoms with Crippen LogP contribution in [0.2, 0.25) is 0 Å². The number of halogens is 1. The molecule has 0 radical (unpaired) electrons. The molecule has 2 aromatic carbocycles. The predicted octanol–water partition coefficient (Wildman–Crippen LogP) is 5.27. The average molecular weight is 467 g/mol. The Morgan fingerprint density at radius 3 is 2.38 bits per heavy atom. The zero-order valence-electron chi connectivity index (χ0n) is 17.3. The number of anilines is 1. The van der Waals surface area contributed by atoms with Crippen molar-refractivity contribution in [2.75, 3.05) is 5.32 Å². The van der Waals surface area contributed by atoms with Crippen molar-refractivity contribution in [3.05, 3.63) is 75.9 Å². The Balaban J connectivity index is 1.45. The lowest BCUT2D eigenvalue weighted by molar-refractivity contribution is -0.119. The summed E-state index contributed by atoms with van der Waals surface area (Å²) >= 11 is 2.60. The number of rotatable bonds is 6. The van der Waals surface area contributed by atoms with Gasteiger partial charge in [0, 0.05) is 30.0 Å². The summed E-state index contributed by atoms with van der Waals surface area (Å²) in [6.07, 6.45) is 0. The topological polar surface area (TPSA) is 84.0 Å². The van der Waals surface area contributed by atoms with Gasteiger partial charge < -0.3 is 5.32 Å². The Morgan fingerprint density at radius 2 is 1.69 bits per heavy atom. The van der Waals surface area contributed by atoms with Crippen molar-refractivity contribution in [1.29, 1.82) is 0 Å². The van der Waals surface area contributed by atoms with Crippen LogP contribution in [0, 0.1) is 12.7 Å². The minimum Gasteiger partial charge on any atom is -0.352 e. The van der Waals surface area contributed by atoms with Crippen molar-refractivity contribution in [1.82, 2.24) is 15.3 Å². The molecule has 0 fully saturated rings. The van der Waals surface area contributed by atoms with Gasteiger partial charge in [-0.1, -0.05) is 24.3 Å². The zero-order valence-corrected chi connectivity index (χ0v) is 18.9. The maximum absolute atomic E-state index is 13.2. The number of thiazole rings is 2. The molecule has 0 spiro atoms. The van der Waals surface area contributed by atoms with Crippen molar-refractivity contribution in [3.8, 4) is 21.8 Å². The molecule has 2 heterocycles. The molecule has 4 aromatic rings. The van der Waals surface area contributed by atoms with Gasteiger partial charge in [-0.2, -0.15) is 0 Å². The fourth-order valence-electron chi connectivity index (χ4n) is 2.96. The lowest BCUT2D eigenvalue weighted by Gasteiger charge is -2.03. The number of hydrogen-bond donors (Lipinski definition) is 2. The van der Waals surface area contributed by atoms with Gasteiger partial charge in [-0.05, 0) is 36.8 Å². The van der Waals surface area contributed by atoms with Crippen LogP contribution in [-0.4, -0.2) is 21.8 Å². The molecule has 2 aromatic heterocycles. The number of carbonyl (C=O) groups excluding carboxylic acids is 2. The SMILES string of the molecule is CC(=O)NCc1ccc(-c2csc(NC(=O)c3sc(-c4ccc(F)cc4)nc3C)n2)cc1. The van der Waals surface area contributed by atoms with Gasteiger partial charge in [0.2, 0.25) is 5.91 Å². The molecule has 9 heteroatoms. The van der Waals surface area contributed by atoms with E-state index >= 15 is 0 Å². The van der Waals surface area contributed by atoms with Gasteiger partial charge in [-0.15, -0.1) is 22.7 Å². The van der Waals surface area contributed by atoms with Gasteiger partial charge in [0.1, 0.15) is 15.7 Å². The summed E-state index contributed by atoms with van der Waals surface area (Å²) in [5.74, 6) is -0.670. The summed E-state index contributed by atoms with van der Waals surface area (Å²) in [7, 11) is 0. The maximum atomic E-state index is 13.2. The number of benzene rings is 2. The van der Waals surface area contributed by atoms with Gasteiger partial charge in [-0.25, -0.2) is 14.4 Å². The molecule has 0 saturated heterocycles. The summed E-state index contributed by atoms with van der Waals surface area (Å²) < 4.78 is 13.2. The normalized spacial score (nSPS) is 10.7. The molecule has 4 rings (SSSR count). The summed E-state index contributed by atoms with van der Waals surface area (Å²) in [5.41, 5.74) is 4.03. The van der Waals surface area contributed by atoms with Crippen LogP contribution in [0.5, 0.6) is 0 Å². The monoisotopic (exact) mass is 466 g/mol. The molecule has 0 bridgehead atoms. The van der Waals surface area contributed by atoms with E-state index in [1.54, 1.807) is 19.1 Å². The van der Waals surface area contributed by atoms with E-state index in [4.69, 9.17) is 0 Å². The van der Waals surface area contributed by atoms with E-state index in [-0.39, 0.29) is 17.6 Å². The van der Waals surface area contributed by atoms with Gasteiger partial charge in [0.15, 0.2) is 5.13 Å². The maximum Gasteiger partial charge on any atom is 0.269 e. The predicted molar refractivity (Wildman–Crippen MR) is 125 cm³/mol. The van der Waals surface area contributed by atoms with Crippen LogP contribution < -0.4 is 10.6 Å². The van der Waals surface area contributed by atoms with Crippen molar-refractivity contribution in [2.45, 2.75) is 20.4 Å². The summed E-state index contributed by atoms with van der Waals surface area (Å²) in [5, 5.41) is 8.62. The Hall–Kier alpha value is -3.43. The number of aromatic nitrogens is 2. The molecule has 32 heavy (non-hydrogen) atoms. The van der Waals surface area contributed by atoms with E-state index < -0.39 is 0 Å². The average Bonchev–Trinajstić information content (AvgIpc) is 3.40. The van der Waals surface area contributed by atoms with Crippen LogP contribution in [0.15, 0.2) is 53.9 Å². The molecule has 0 atom stereocenters. The van der Waals surface area contributed by atoms with Gasteiger partial charge >= 0.3 is 0 Å². The van der Waals surface area contributed by atoms with Crippen LogP contribution in [0.4, 0.5) is 9.52 Å². The molecule has 2 N–H and O–H groups in total. The molecule has 2 amide bonds. The first-order valence-electron chi connectivity index (χ1n) is 9.73. The van der Waals surface area contributed by atoms with Crippen LogP contribution in [0.25, 0.3) is 21.8 Å². The minimum atomic E-state index is -0.318. The van der Waals surface area contributed by atoms with Crippen LogP contribution in [-0.2, 0) is 11.3 Å². The highest BCUT2D eigenvalue weighted by molar-refractivity contribution is 7.17. The highest BCUT2D eigenvalue weighted by Crippen LogP contribution is 2.30. The first-order valence-corrected chi connectivity index (χ1v) is 11.4. The van der Waals surface area contributed by atoms with E-state index in [1.807, 2.05) is 29.6 Å². The summed E-state index contributed by atoms with van der Waals surface area (Å²) in [6, 6.07) is 13.7. The van der Waals surface area contributed by atoms with Crippen LogP contribution in [0.3, 0.4) is 0 Å². The molecule has 6 nitrogen and oxygen atoms in total. The molecule has 0 aliphatic carbocycles. The van der Waals surface area contributed by atoms with E-state index in [0.29, 0.717) is 27.3 Å². The summed E-state index contributed by atoms with van der Waals surface area (Å²) in [6.45, 7) is 3.73. The fourth-order valence-corrected chi connectivity index (χ4v) is 4.64. The fraction of sp³-hybridized carbons (Fsp3) is 0.130. The highest BCUT2D eigenvalue weighted by atomic mass is 32.1. The highest BCUT2D eigenvalue weighted by Gasteiger charge is 2.18. The third kappa shape index (κ3) is 5.06. The van der Waals surface area contributed by atoms with Crippen molar-refractivity contribution >= 4 is 39.6 Å². The summed E-state index contributed by atoms with van der Waals surface area (Å²) in [4.78, 5) is 33.3. The molecule has 0 aliphatic rings. The second-order valence-corrected chi connectivity index (χ2v) is 8.90. The number of nitrogens with zero attached hydrogens (tertiary/aromatic N) is 2. The first kappa shape index (κ1) is 21.8. The van der Waals surface area contributed by atoms with Gasteiger partial charge in [0.25, 0.3) is 5.91 Å². The Bertz CT molecular complexity index is 1260. The van der Waals surface area contributed by atoms with Gasteiger partial charge in [0.05, 0.1) is 11.4 Å². The molecule has 0 aliphatic heterocycles. The minimum absolute atomic E-state index is 0.0741. The lowest BCUT2D eigenvalue weighted by Crippen LogP contribution is -2.18. The van der Waals surface area contributed by atoms with Gasteiger partial charge in [-0.3, -0.25) is 14.9 Å². The van der Waals surface area contributed by atoms with E-state index in [0.717, 1.165) is 22.4 Å². The molecular formula is C23H19FN4O2S2. The van der Waals surface area contributed by atoms with Crippen molar-refractivity contribution < 1.29 is 14.0 Å². The largest absolute Gasteiger partial charge is 0.352 e. The van der Waals surface area contributed by atoms with E-state index in [9.17, 15) is 14.0 Å². The number of hydrogen-bond acceptors (Lipinski definition) is 6. The molecule has 0 unspecified atom stereocenters. The molecule has 0 saturated carbocycles. The smallest absolute Gasteiger partial charge is 0.269 e. The van der Waals surface area contributed by atoms with E-state index in [2.05, 4.69) is 20.6 Å². The van der Waals surface area contributed by atoms with Crippen molar-refractivity contribution in [3.63, 3.8) is 0 Å².